The molecule has 4 saturated carbocycles. The first kappa shape index (κ1) is 20.0. The smallest absolute Gasteiger partial charge is 0.205 e. The minimum Gasteiger partial charge on any atom is -0.493 e. The lowest BCUT2D eigenvalue weighted by molar-refractivity contribution is -0.00704. The lowest BCUT2D eigenvalue weighted by Crippen LogP contribution is -2.48. The quantitative estimate of drug-likeness (QED) is 0.515. The number of benzene rings is 1. The van der Waals surface area contributed by atoms with Crippen LogP contribution in [0.25, 0.3) is 10.2 Å². The third-order valence-electron chi connectivity index (χ3n) is 8.03. The Morgan fingerprint density at radius 1 is 1.00 bits per heavy atom. The van der Waals surface area contributed by atoms with Crippen molar-refractivity contribution in [1.29, 1.82) is 0 Å². The molecule has 166 valence electrons. The summed E-state index contributed by atoms with van der Waals surface area (Å²) in [5.74, 6) is 3.62. The Hall–Kier alpha value is -2.60. The van der Waals surface area contributed by atoms with Crippen LogP contribution in [0.1, 0.15) is 59.5 Å². The number of nitrogens with zero attached hydrogens (tertiary/aromatic N) is 1. The zero-order valence-electron chi connectivity index (χ0n) is 18.5. The van der Waals surface area contributed by atoms with Gasteiger partial charge in [-0.2, -0.15) is 0 Å². The fourth-order valence-corrected chi connectivity index (χ4v) is 8.05. The standard InChI is InChI=1S/C26H28N2O3S/c1-30-19-5-3-17(10-20(19)31-2)23(29)24-22(27)18-4-6-21(28-25(18)32-24)26-11-14-7-15(12-26)9-16(8-14)13-26/h3-6,10,14-16H,7-9,11-13,27H2,1-2H3. The van der Waals surface area contributed by atoms with Gasteiger partial charge in [-0.1, -0.05) is 0 Å². The molecule has 2 N–H and O–H groups in total. The lowest BCUT2D eigenvalue weighted by Gasteiger charge is -2.56. The second kappa shape index (κ2) is 7.20. The van der Waals surface area contributed by atoms with Crippen LogP contribution in [0, 0.1) is 17.8 Å². The minimum absolute atomic E-state index is 0.109. The predicted octanol–water partition coefficient (Wildman–Crippen LogP) is 5.59. The van der Waals surface area contributed by atoms with E-state index in [1.54, 1.807) is 32.4 Å². The molecule has 7 rings (SSSR count). The number of ether oxygens (including phenoxy) is 2. The molecule has 2 heterocycles. The van der Waals surface area contributed by atoms with Crippen LogP contribution in [0.15, 0.2) is 30.3 Å². The fraction of sp³-hybridized carbons (Fsp3) is 0.462. The second-order valence-corrected chi connectivity index (χ2v) is 11.0. The molecular formula is C26H28N2O3S. The molecule has 0 radical (unpaired) electrons. The average molecular weight is 449 g/mol. The van der Waals surface area contributed by atoms with Crippen LogP contribution in [0.3, 0.4) is 0 Å². The summed E-state index contributed by atoms with van der Waals surface area (Å²) in [4.78, 5) is 19.9. The first-order valence-corrected chi connectivity index (χ1v) is 12.3. The number of aromatic nitrogens is 1. The number of hydrogen-bond donors (Lipinski definition) is 1. The van der Waals surface area contributed by atoms with Gasteiger partial charge in [-0.3, -0.25) is 4.79 Å². The van der Waals surface area contributed by atoms with E-state index in [4.69, 9.17) is 20.2 Å². The van der Waals surface area contributed by atoms with E-state index < -0.39 is 0 Å². The van der Waals surface area contributed by atoms with Crippen molar-refractivity contribution in [1.82, 2.24) is 4.98 Å². The topological polar surface area (TPSA) is 74.4 Å². The Morgan fingerprint density at radius 2 is 1.66 bits per heavy atom. The maximum absolute atomic E-state index is 13.3. The Kier molecular flexibility index (Phi) is 4.51. The van der Waals surface area contributed by atoms with Gasteiger partial charge in [0.2, 0.25) is 5.78 Å². The SMILES string of the molecule is COc1ccc(C(=O)c2sc3nc(C45CC6CC(CC(C6)C4)C5)ccc3c2N)cc1OC. The monoisotopic (exact) mass is 448 g/mol. The number of anilines is 1. The summed E-state index contributed by atoms with van der Waals surface area (Å²) in [5.41, 5.74) is 8.96. The Morgan fingerprint density at radius 3 is 2.28 bits per heavy atom. The van der Waals surface area contributed by atoms with E-state index in [0.717, 1.165) is 28.0 Å². The number of fused-ring (bicyclic) bond motifs is 1. The zero-order valence-corrected chi connectivity index (χ0v) is 19.3. The third kappa shape index (κ3) is 2.95. The molecule has 0 unspecified atom stereocenters. The highest BCUT2D eigenvalue weighted by Gasteiger charge is 2.52. The Balaban J connectivity index is 1.38. The molecule has 0 amide bonds. The number of rotatable bonds is 5. The number of ketones is 1. The van der Waals surface area contributed by atoms with Crippen molar-refractivity contribution in [2.75, 3.05) is 20.0 Å². The van der Waals surface area contributed by atoms with E-state index in [-0.39, 0.29) is 11.2 Å². The molecule has 4 fully saturated rings. The fourth-order valence-electron chi connectivity index (χ4n) is 6.99. The van der Waals surface area contributed by atoms with E-state index in [1.807, 2.05) is 0 Å². The van der Waals surface area contributed by atoms with Crippen molar-refractivity contribution >= 4 is 33.0 Å². The van der Waals surface area contributed by atoms with Gasteiger partial charge < -0.3 is 15.2 Å². The van der Waals surface area contributed by atoms with E-state index in [2.05, 4.69) is 12.1 Å². The minimum atomic E-state index is -0.109. The number of nitrogen functional groups attached to an aromatic ring is 1. The number of carbonyl (C=O) groups is 1. The van der Waals surface area contributed by atoms with Crippen molar-refractivity contribution in [2.24, 2.45) is 17.8 Å². The molecule has 4 aliphatic rings. The number of thiophene rings is 1. The molecule has 6 heteroatoms. The highest BCUT2D eigenvalue weighted by molar-refractivity contribution is 7.21. The molecule has 4 aliphatic carbocycles. The maximum atomic E-state index is 13.3. The molecule has 4 bridgehead atoms. The maximum Gasteiger partial charge on any atom is 0.205 e. The predicted molar refractivity (Wildman–Crippen MR) is 127 cm³/mol. The van der Waals surface area contributed by atoms with Crippen LogP contribution in [0.4, 0.5) is 5.69 Å². The number of nitrogens with two attached hydrogens (primary N) is 1. The van der Waals surface area contributed by atoms with Crippen molar-refractivity contribution in [3.63, 3.8) is 0 Å². The lowest BCUT2D eigenvalue weighted by atomic mass is 9.49. The van der Waals surface area contributed by atoms with Crippen LogP contribution in [-0.2, 0) is 5.41 Å². The highest BCUT2D eigenvalue weighted by atomic mass is 32.1. The molecular weight excluding hydrogens is 420 g/mol. The van der Waals surface area contributed by atoms with Crippen LogP contribution in [0.2, 0.25) is 0 Å². The number of methoxy groups -OCH3 is 2. The first-order chi connectivity index (χ1) is 15.5. The molecule has 32 heavy (non-hydrogen) atoms. The summed E-state index contributed by atoms with van der Waals surface area (Å²) in [6.07, 6.45) is 8.06. The van der Waals surface area contributed by atoms with Crippen LogP contribution >= 0.6 is 11.3 Å². The third-order valence-corrected chi connectivity index (χ3v) is 9.14. The molecule has 1 aromatic carbocycles. The molecule has 3 aromatic rings. The van der Waals surface area contributed by atoms with Crippen LogP contribution in [-0.4, -0.2) is 25.0 Å². The Labute approximate surface area is 191 Å². The molecule has 0 saturated heterocycles. The van der Waals surface area contributed by atoms with Crippen molar-refractivity contribution in [2.45, 2.75) is 43.9 Å². The summed E-state index contributed by atoms with van der Waals surface area (Å²) < 4.78 is 10.7. The van der Waals surface area contributed by atoms with Gasteiger partial charge >= 0.3 is 0 Å². The molecule has 0 atom stereocenters. The van der Waals surface area contributed by atoms with Crippen molar-refractivity contribution in [3.8, 4) is 11.5 Å². The van der Waals surface area contributed by atoms with E-state index in [1.165, 1.54) is 55.6 Å². The second-order valence-electron chi connectivity index (χ2n) is 9.99. The van der Waals surface area contributed by atoms with Crippen molar-refractivity contribution < 1.29 is 14.3 Å². The molecule has 0 aliphatic heterocycles. The van der Waals surface area contributed by atoms with Gasteiger partial charge in [0.25, 0.3) is 0 Å². The molecule has 2 aromatic heterocycles. The van der Waals surface area contributed by atoms with Gasteiger partial charge in [0.15, 0.2) is 11.5 Å². The van der Waals surface area contributed by atoms with Gasteiger partial charge in [0, 0.05) is 22.1 Å². The Bertz CT molecular complexity index is 1200. The number of pyridine rings is 1. The van der Waals surface area contributed by atoms with Gasteiger partial charge in [0.05, 0.1) is 19.9 Å². The van der Waals surface area contributed by atoms with E-state index in [0.29, 0.717) is 27.6 Å². The van der Waals surface area contributed by atoms with Crippen LogP contribution in [0.5, 0.6) is 11.5 Å². The number of hydrogen-bond acceptors (Lipinski definition) is 6. The summed E-state index contributed by atoms with van der Waals surface area (Å²) >= 11 is 1.41. The van der Waals surface area contributed by atoms with Gasteiger partial charge in [-0.05, 0) is 86.6 Å². The largest absolute Gasteiger partial charge is 0.493 e. The zero-order chi connectivity index (χ0) is 22.0. The van der Waals surface area contributed by atoms with Gasteiger partial charge in [-0.15, -0.1) is 11.3 Å². The molecule has 5 nitrogen and oxygen atoms in total. The first-order valence-electron chi connectivity index (χ1n) is 11.5. The van der Waals surface area contributed by atoms with E-state index in [9.17, 15) is 4.79 Å². The normalized spacial score (nSPS) is 28.2. The van der Waals surface area contributed by atoms with Crippen molar-refractivity contribution in [3.05, 3.63) is 46.5 Å². The highest BCUT2D eigenvalue weighted by Crippen LogP contribution is 2.60. The van der Waals surface area contributed by atoms with Crippen LogP contribution < -0.4 is 15.2 Å². The summed E-state index contributed by atoms with van der Waals surface area (Å²) in [6.45, 7) is 0. The van der Waals surface area contributed by atoms with E-state index >= 15 is 0 Å². The van der Waals surface area contributed by atoms with Gasteiger partial charge in [0.1, 0.15) is 9.71 Å². The number of carbonyl (C=O) groups excluding carboxylic acids is 1. The average Bonchev–Trinajstić information content (AvgIpc) is 3.13. The summed E-state index contributed by atoms with van der Waals surface area (Å²) in [6, 6.07) is 9.48. The van der Waals surface area contributed by atoms with Gasteiger partial charge in [-0.25, -0.2) is 4.98 Å². The summed E-state index contributed by atoms with van der Waals surface area (Å²) in [7, 11) is 3.15. The summed E-state index contributed by atoms with van der Waals surface area (Å²) in [5, 5.41) is 0.882. The molecule has 0 spiro atoms.